The highest BCUT2D eigenvalue weighted by Gasteiger charge is 2.53. The van der Waals surface area contributed by atoms with E-state index in [-0.39, 0.29) is 60.2 Å². The molecule has 1 aromatic heterocycles. The van der Waals surface area contributed by atoms with Crippen LogP contribution in [0, 0.1) is 23.2 Å². The van der Waals surface area contributed by atoms with Crippen LogP contribution in [0.15, 0.2) is 30.6 Å². The number of piperidine rings is 1. The molecule has 2 saturated heterocycles. The van der Waals surface area contributed by atoms with Crippen molar-refractivity contribution in [2.45, 2.75) is 166 Å². The first-order chi connectivity index (χ1) is 37.0. The summed E-state index contributed by atoms with van der Waals surface area (Å²) >= 11 is 0. The van der Waals surface area contributed by atoms with Gasteiger partial charge in [-0.3, -0.25) is 43.7 Å². The lowest BCUT2D eigenvalue weighted by Crippen LogP contribution is -2.62. The molecule has 77 heavy (non-hydrogen) atoms. The van der Waals surface area contributed by atoms with Gasteiger partial charge in [0.1, 0.15) is 35.7 Å². The van der Waals surface area contributed by atoms with Crippen molar-refractivity contribution >= 4 is 58.8 Å². The minimum Gasteiger partial charge on any atom is -0.382 e. The molecule has 6 aliphatic rings. The summed E-state index contributed by atoms with van der Waals surface area (Å²) in [6, 6.07) is 1.10. The molecule has 0 bridgehead atoms. The monoisotopic (exact) mass is 1070 g/mol. The number of aliphatic hydroxyl groups is 1. The molecular weight excluding hydrogens is 991 g/mol. The molecule has 22 heteroatoms. The molecule has 8 amide bonds. The molecule has 22 nitrogen and oxygen atoms in total. The molecule has 3 aliphatic heterocycles. The SMILES string of the molecule is CCC[C@H](NC(=O)[C@@H]1[C@H]2CCC[C@H]2CN1C(=O)[C@@H](NC(=O)[C@@H](NC(=O)c1cnc(NCCOCCOCCNc2cccc3c2CN(C2CCC(=O)NC2=O)C3=O)cn1)C1CCCCC1)C(C)(C)C)C(O)C(=O)NC1CC1. The van der Waals surface area contributed by atoms with Crippen LogP contribution >= 0.6 is 0 Å². The Morgan fingerprint density at radius 2 is 1.57 bits per heavy atom. The quantitative estimate of drug-likeness (QED) is 0.0524. The zero-order valence-electron chi connectivity index (χ0n) is 45.0. The number of nitrogens with zero attached hydrogens (tertiary/aromatic N) is 4. The summed E-state index contributed by atoms with van der Waals surface area (Å²) in [6.07, 6.45) is 11.3. The summed E-state index contributed by atoms with van der Waals surface area (Å²) in [5, 5.41) is 31.7. The number of benzene rings is 1. The average molecular weight is 1070 g/mol. The maximum absolute atomic E-state index is 14.9. The number of anilines is 2. The summed E-state index contributed by atoms with van der Waals surface area (Å²) in [5.74, 6) is -3.16. The first kappa shape index (κ1) is 56.9. The van der Waals surface area contributed by atoms with Crippen LogP contribution in [0.25, 0.3) is 0 Å². The van der Waals surface area contributed by atoms with Crippen LogP contribution in [0.2, 0.25) is 0 Å². The Labute approximate surface area is 450 Å². The fraction of sp³-hybridized carbons (Fsp3) is 0.673. The Balaban J connectivity index is 0.792. The first-order valence-corrected chi connectivity index (χ1v) is 27.9. The summed E-state index contributed by atoms with van der Waals surface area (Å²) in [6.45, 7) is 10.4. The third-order valence-corrected chi connectivity index (χ3v) is 16.0. The van der Waals surface area contributed by atoms with Gasteiger partial charge in [-0.2, -0.15) is 0 Å². The van der Waals surface area contributed by atoms with E-state index in [9.17, 15) is 43.5 Å². The van der Waals surface area contributed by atoms with Gasteiger partial charge in [0.2, 0.25) is 29.5 Å². The number of aromatic nitrogens is 2. The van der Waals surface area contributed by atoms with Crippen molar-refractivity contribution in [1.82, 2.24) is 46.4 Å². The van der Waals surface area contributed by atoms with Crippen molar-refractivity contribution in [1.29, 1.82) is 0 Å². The van der Waals surface area contributed by atoms with Crippen LogP contribution in [0.5, 0.6) is 0 Å². The first-order valence-electron chi connectivity index (χ1n) is 27.9. The van der Waals surface area contributed by atoms with Gasteiger partial charge in [0, 0.05) is 55.5 Å². The highest BCUT2D eigenvalue weighted by atomic mass is 16.5. The second-order valence-electron chi connectivity index (χ2n) is 22.7. The van der Waals surface area contributed by atoms with E-state index in [1.54, 1.807) is 17.0 Å². The van der Waals surface area contributed by atoms with Crippen molar-refractivity contribution in [3.05, 3.63) is 47.4 Å². The molecule has 2 aromatic rings. The van der Waals surface area contributed by atoms with E-state index in [0.717, 1.165) is 62.6 Å². The highest BCUT2D eigenvalue weighted by molar-refractivity contribution is 6.06. The molecule has 8 rings (SSSR count). The predicted molar refractivity (Wildman–Crippen MR) is 283 cm³/mol. The lowest BCUT2D eigenvalue weighted by atomic mass is 9.82. The lowest BCUT2D eigenvalue weighted by molar-refractivity contribution is -0.146. The number of hydrogen-bond donors (Lipinski definition) is 8. The van der Waals surface area contributed by atoms with Crippen LogP contribution in [0.1, 0.15) is 144 Å². The normalized spacial score (nSPS) is 23.0. The number of nitrogens with one attached hydrogen (secondary N) is 7. The molecule has 4 heterocycles. The molecule has 2 unspecified atom stereocenters. The van der Waals surface area contributed by atoms with E-state index in [0.29, 0.717) is 89.5 Å². The van der Waals surface area contributed by atoms with Crippen molar-refractivity contribution in [3.8, 4) is 0 Å². The van der Waals surface area contributed by atoms with Crippen molar-refractivity contribution in [2.24, 2.45) is 23.2 Å². The van der Waals surface area contributed by atoms with E-state index in [2.05, 4.69) is 47.2 Å². The van der Waals surface area contributed by atoms with E-state index in [1.807, 2.05) is 33.8 Å². The zero-order chi connectivity index (χ0) is 54.8. The predicted octanol–water partition coefficient (Wildman–Crippen LogP) is 2.56. The van der Waals surface area contributed by atoms with Crippen LogP contribution in [0.4, 0.5) is 11.5 Å². The van der Waals surface area contributed by atoms with E-state index >= 15 is 0 Å². The number of fused-ring (bicyclic) bond motifs is 2. The van der Waals surface area contributed by atoms with Crippen molar-refractivity contribution in [2.75, 3.05) is 56.7 Å². The highest BCUT2D eigenvalue weighted by Crippen LogP contribution is 2.43. The largest absolute Gasteiger partial charge is 0.382 e. The minimum absolute atomic E-state index is 0.0174. The standard InChI is InChI=1S/C55H79N11O11/c1-5-11-39(46(68)52(73)60-34-18-19-34)61-51(72)45-35-15-9-14-33(35)30-66(45)54(75)47(55(2,3)4)64-50(71)44(32-12-7-6-8-13-32)63-48(69)40-28-59-42(29-58-40)57-23-25-77-27-26-76-24-22-56-38-17-10-16-36-37(38)31-65(53(36)74)41-20-21-43(67)62-49(41)70/h10,16-17,28-29,32-35,39,41,44-47,56,68H,5-9,11-15,18-27,30-31H2,1-4H3,(H,57,59)(H,60,73)(H,61,72)(H,63,69)(H,64,71)(H,62,67,70)/t33-,35-,39-,41?,44-,45-,46?,47+/m0/s1. The molecule has 5 fully saturated rings. The second-order valence-corrected chi connectivity index (χ2v) is 22.7. The number of amides is 8. The molecule has 1 aromatic carbocycles. The topological polar surface area (TPSA) is 292 Å². The van der Waals surface area contributed by atoms with Crippen LogP contribution in [-0.2, 0) is 44.8 Å². The maximum atomic E-state index is 14.9. The van der Waals surface area contributed by atoms with Crippen LogP contribution in [-0.4, -0.2) is 161 Å². The van der Waals surface area contributed by atoms with Gasteiger partial charge in [0.05, 0.1) is 44.9 Å². The van der Waals surface area contributed by atoms with Gasteiger partial charge < -0.3 is 56.3 Å². The summed E-state index contributed by atoms with van der Waals surface area (Å²) < 4.78 is 11.5. The Kier molecular flexibility index (Phi) is 19.2. The van der Waals surface area contributed by atoms with Gasteiger partial charge in [-0.15, -0.1) is 0 Å². The van der Waals surface area contributed by atoms with E-state index in [1.165, 1.54) is 17.3 Å². The lowest BCUT2D eigenvalue weighted by Gasteiger charge is -2.38. The third-order valence-electron chi connectivity index (χ3n) is 16.0. The Morgan fingerprint density at radius 3 is 2.25 bits per heavy atom. The van der Waals surface area contributed by atoms with Crippen molar-refractivity contribution < 1.29 is 52.9 Å². The number of imide groups is 1. The number of hydrogen-bond acceptors (Lipinski definition) is 15. The number of rotatable bonds is 25. The minimum atomic E-state index is -1.43. The number of ether oxygens (including phenoxy) is 2. The van der Waals surface area contributed by atoms with Gasteiger partial charge in [0.25, 0.3) is 17.7 Å². The Bertz CT molecular complexity index is 2460. The van der Waals surface area contributed by atoms with E-state index < -0.39 is 71.3 Å². The fourth-order valence-electron chi connectivity index (χ4n) is 11.7. The van der Waals surface area contributed by atoms with Crippen LogP contribution in [0.3, 0.4) is 0 Å². The molecule has 0 spiro atoms. The van der Waals surface area contributed by atoms with Gasteiger partial charge in [0.15, 0.2) is 6.10 Å². The zero-order valence-corrected chi connectivity index (χ0v) is 45.0. The summed E-state index contributed by atoms with van der Waals surface area (Å²) in [5.41, 5.74) is 1.35. The summed E-state index contributed by atoms with van der Waals surface area (Å²) in [4.78, 5) is 120. The number of carbonyl (C=O) groups is 8. The molecule has 420 valence electrons. The number of carbonyl (C=O) groups excluding carboxylic acids is 8. The Hall–Kier alpha value is -6.26. The summed E-state index contributed by atoms with van der Waals surface area (Å²) in [7, 11) is 0. The van der Waals surface area contributed by atoms with Gasteiger partial charge >= 0.3 is 0 Å². The second kappa shape index (κ2) is 25.9. The molecule has 3 saturated carbocycles. The molecule has 0 radical (unpaired) electrons. The molecule has 8 atom stereocenters. The molecule has 3 aliphatic carbocycles. The number of likely N-dealkylation sites (tertiary alicyclic amines) is 1. The Morgan fingerprint density at radius 1 is 0.831 bits per heavy atom. The maximum Gasteiger partial charge on any atom is 0.272 e. The van der Waals surface area contributed by atoms with E-state index in [4.69, 9.17) is 9.47 Å². The average Bonchev–Trinajstić information content (AvgIpc) is 3.95. The molecule has 8 N–H and O–H groups in total. The van der Waals surface area contributed by atoms with Crippen molar-refractivity contribution in [3.63, 3.8) is 0 Å². The molecular formula is C55H79N11O11. The van der Waals surface area contributed by atoms with Gasteiger partial charge in [-0.05, 0) is 86.7 Å². The van der Waals surface area contributed by atoms with Gasteiger partial charge in [-0.1, -0.05) is 65.9 Å². The smallest absolute Gasteiger partial charge is 0.272 e. The van der Waals surface area contributed by atoms with Crippen LogP contribution < -0.4 is 37.2 Å². The van der Waals surface area contributed by atoms with Gasteiger partial charge in [-0.25, -0.2) is 9.97 Å². The fourth-order valence-corrected chi connectivity index (χ4v) is 11.7. The third kappa shape index (κ3) is 14.3. The number of aliphatic hydroxyl groups excluding tert-OH is 1.